The Balaban J connectivity index is 2.12. The Morgan fingerprint density at radius 1 is 1.07 bits per heavy atom. The van der Waals surface area contributed by atoms with Crippen LogP contribution in [0.3, 0.4) is 0 Å². The maximum Gasteiger partial charge on any atom is 0.416 e. The van der Waals surface area contributed by atoms with Crippen LogP contribution in [-0.2, 0) is 29.7 Å². The van der Waals surface area contributed by atoms with Gasteiger partial charge in [-0.2, -0.15) is 18.3 Å². The van der Waals surface area contributed by atoms with E-state index in [1.807, 2.05) is 6.07 Å². The van der Waals surface area contributed by atoms with Gasteiger partial charge in [0.1, 0.15) is 0 Å². The smallest absolute Gasteiger partial charge is 0.275 e. The van der Waals surface area contributed by atoms with Gasteiger partial charge in [-0.1, -0.05) is 12.1 Å². The van der Waals surface area contributed by atoms with Crippen molar-refractivity contribution in [1.82, 2.24) is 14.5 Å². The summed E-state index contributed by atoms with van der Waals surface area (Å²) < 4.78 is 66.3. The molecule has 0 fully saturated rings. The van der Waals surface area contributed by atoms with Crippen molar-refractivity contribution in [2.24, 2.45) is 7.05 Å². The van der Waals surface area contributed by atoms with Gasteiger partial charge in [0.25, 0.3) is 0 Å². The van der Waals surface area contributed by atoms with Crippen molar-refractivity contribution in [2.75, 3.05) is 7.05 Å². The highest BCUT2D eigenvalue weighted by Gasteiger charge is 2.34. The highest BCUT2D eigenvalue weighted by molar-refractivity contribution is 7.90. The van der Waals surface area contributed by atoms with E-state index in [9.17, 15) is 21.6 Å². The average Bonchev–Trinajstić information content (AvgIpc) is 3.01. The molecule has 0 aliphatic carbocycles. The molecule has 0 radical (unpaired) electrons. The maximum absolute atomic E-state index is 12.9. The third kappa shape index (κ3) is 4.16. The number of nitrogens with zero attached hydrogens (tertiary/aromatic N) is 2. The first-order valence-electron chi connectivity index (χ1n) is 8.91. The molecule has 9 heteroatoms. The second kappa shape index (κ2) is 7.14. The van der Waals surface area contributed by atoms with Gasteiger partial charge in [-0.25, -0.2) is 13.1 Å². The van der Waals surface area contributed by atoms with E-state index in [0.29, 0.717) is 22.2 Å². The molecule has 0 bridgehead atoms. The molecule has 156 valence electrons. The quantitative estimate of drug-likeness (QED) is 0.669. The molecule has 5 nitrogen and oxygen atoms in total. The lowest BCUT2D eigenvalue weighted by molar-refractivity contribution is -0.137. The second-order valence-corrected chi connectivity index (χ2v) is 10.1. The minimum absolute atomic E-state index is 0.193. The number of fused-ring (bicyclic) bond motifs is 1. The first kappa shape index (κ1) is 21.3. The largest absolute Gasteiger partial charge is 0.416 e. The SMILES string of the molecule is CNS(=O)(=O)C(C)(C)Cc1cc(-c2ccc(C(F)(F)F)cc2)cc2cn(C)nc12. The number of alkyl halides is 3. The number of nitrogens with one attached hydrogen (secondary N) is 1. The molecular formula is C20H22F3N3O2S. The van der Waals surface area contributed by atoms with Crippen LogP contribution in [0, 0.1) is 0 Å². The number of benzene rings is 2. The van der Waals surface area contributed by atoms with Gasteiger partial charge in [0.15, 0.2) is 0 Å². The van der Waals surface area contributed by atoms with Crippen LogP contribution >= 0.6 is 0 Å². The third-order valence-corrected chi connectivity index (χ3v) is 7.10. The van der Waals surface area contributed by atoms with Crippen molar-refractivity contribution in [3.05, 3.63) is 53.7 Å². The fourth-order valence-corrected chi connectivity index (χ4v) is 4.21. The zero-order chi connectivity index (χ0) is 21.6. The fourth-order valence-electron chi connectivity index (χ4n) is 3.31. The van der Waals surface area contributed by atoms with Gasteiger partial charge in [-0.3, -0.25) is 4.68 Å². The van der Waals surface area contributed by atoms with E-state index < -0.39 is 26.5 Å². The Morgan fingerprint density at radius 3 is 2.24 bits per heavy atom. The van der Waals surface area contributed by atoms with Crippen molar-refractivity contribution in [2.45, 2.75) is 31.2 Å². The number of halogens is 3. The Hall–Kier alpha value is -2.39. The van der Waals surface area contributed by atoms with Gasteiger partial charge < -0.3 is 0 Å². The number of rotatable bonds is 5. The molecule has 0 saturated carbocycles. The molecule has 0 spiro atoms. The molecule has 1 heterocycles. The fraction of sp³-hybridized carbons (Fsp3) is 0.350. The summed E-state index contributed by atoms with van der Waals surface area (Å²) in [7, 11) is -0.439. The number of aromatic nitrogens is 2. The first-order chi connectivity index (χ1) is 13.3. The van der Waals surface area contributed by atoms with Gasteiger partial charge in [-0.15, -0.1) is 0 Å². The Morgan fingerprint density at radius 2 is 1.69 bits per heavy atom. The van der Waals surface area contributed by atoms with Crippen molar-refractivity contribution in [1.29, 1.82) is 0 Å². The maximum atomic E-state index is 12.9. The zero-order valence-corrected chi connectivity index (χ0v) is 17.3. The molecule has 3 rings (SSSR count). The molecule has 1 aromatic heterocycles. The number of hydrogen-bond acceptors (Lipinski definition) is 3. The van der Waals surface area contributed by atoms with Crippen LogP contribution in [0.2, 0.25) is 0 Å². The summed E-state index contributed by atoms with van der Waals surface area (Å²) in [6.45, 7) is 3.25. The standard InChI is InChI=1S/C20H22F3N3O2S/c1-19(2,29(27,28)24-3)11-15-9-14(10-16-12-26(4)25-18(15)16)13-5-7-17(8-6-13)20(21,22)23/h5-10,12,24H,11H2,1-4H3. The summed E-state index contributed by atoms with van der Waals surface area (Å²) in [5.41, 5.74) is 1.97. The van der Waals surface area contributed by atoms with E-state index in [0.717, 1.165) is 17.5 Å². The lowest BCUT2D eigenvalue weighted by Crippen LogP contribution is -2.41. The second-order valence-electron chi connectivity index (χ2n) is 7.60. The van der Waals surface area contributed by atoms with Crippen LogP contribution in [-0.4, -0.2) is 30.0 Å². The van der Waals surface area contributed by atoms with Crippen molar-refractivity contribution in [3.8, 4) is 11.1 Å². The summed E-state index contributed by atoms with van der Waals surface area (Å²) in [5, 5.41) is 5.23. The molecule has 2 aromatic carbocycles. The summed E-state index contributed by atoms with van der Waals surface area (Å²) in [4.78, 5) is 0. The molecule has 0 amide bonds. The molecule has 0 aliphatic rings. The minimum Gasteiger partial charge on any atom is -0.275 e. The van der Waals surface area contributed by atoms with E-state index >= 15 is 0 Å². The number of aryl methyl sites for hydroxylation is 1. The Bertz CT molecular complexity index is 1150. The minimum atomic E-state index is -4.40. The first-order valence-corrected chi connectivity index (χ1v) is 10.4. The predicted octanol–water partition coefficient (Wildman–Crippen LogP) is 4.13. The van der Waals surface area contributed by atoms with Gasteiger partial charge in [0, 0.05) is 18.6 Å². The molecular weight excluding hydrogens is 403 g/mol. The van der Waals surface area contributed by atoms with E-state index in [1.165, 1.54) is 19.2 Å². The van der Waals surface area contributed by atoms with Crippen LogP contribution in [0.4, 0.5) is 13.2 Å². The molecule has 29 heavy (non-hydrogen) atoms. The third-order valence-electron chi connectivity index (χ3n) is 4.96. The summed E-state index contributed by atoms with van der Waals surface area (Å²) in [6.07, 6.45) is -2.41. The summed E-state index contributed by atoms with van der Waals surface area (Å²) >= 11 is 0. The van der Waals surface area contributed by atoms with E-state index in [-0.39, 0.29) is 6.42 Å². The van der Waals surface area contributed by atoms with E-state index in [1.54, 1.807) is 37.8 Å². The van der Waals surface area contributed by atoms with Gasteiger partial charge in [-0.05, 0) is 68.3 Å². The van der Waals surface area contributed by atoms with Crippen molar-refractivity contribution >= 4 is 20.9 Å². The monoisotopic (exact) mass is 425 g/mol. The Labute approximate surface area is 167 Å². The van der Waals surface area contributed by atoms with Crippen LogP contribution in [0.25, 0.3) is 22.0 Å². The predicted molar refractivity (Wildman–Crippen MR) is 107 cm³/mol. The molecule has 0 saturated heterocycles. The molecule has 1 N–H and O–H groups in total. The van der Waals surface area contributed by atoms with Crippen LogP contribution in [0.5, 0.6) is 0 Å². The van der Waals surface area contributed by atoms with Gasteiger partial charge in [0.2, 0.25) is 10.0 Å². The van der Waals surface area contributed by atoms with Gasteiger partial charge in [0.05, 0.1) is 15.8 Å². The normalized spacial score (nSPS) is 13.2. The molecule has 0 aliphatic heterocycles. The topological polar surface area (TPSA) is 64.0 Å². The lowest BCUT2D eigenvalue weighted by Gasteiger charge is -2.24. The van der Waals surface area contributed by atoms with Crippen molar-refractivity contribution in [3.63, 3.8) is 0 Å². The summed E-state index contributed by atoms with van der Waals surface area (Å²) in [6, 6.07) is 8.55. The Kier molecular flexibility index (Phi) is 5.25. The zero-order valence-electron chi connectivity index (χ0n) is 16.5. The number of hydrogen-bond donors (Lipinski definition) is 1. The van der Waals surface area contributed by atoms with Gasteiger partial charge >= 0.3 is 6.18 Å². The summed E-state index contributed by atoms with van der Waals surface area (Å²) in [5.74, 6) is 0. The van der Waals surface area contributed by atoms with E-state index in [4.69, 9.17) is 0 Å². The average molecular weight is 425 g/mol. The van der Waals surface area contributed by atoms with Crippen molar-refractivity contribution < 1.29 is 21.6 Å². The highest BCUT2D eigenvalue weighted by atomic mass is 32.2. The highest BCUT2D eigenvalue weighted by Crippen LogP contribution is 2.34. The molecule has 0 atom stereocenters. The van der Waals surface area contributed by atoms with Crippen LogP contribution < -0.4 is 4.72 Å². The van der Waals surface area contributed by atoms with Crippen LogP contribution in [0.15, 0.2) is 42.6 Å². The number of sulfonamides is 1. The molecule has 3 aromatic rings. The molecule has 0 unspecified atom stereocenters. The van der Waals surface area contributed by atoms with E-state index in [2.05, 4.69) is 9.82 Å². The van der Waals surface area contributed by atoms with Crippen LogP contribution in [0.1, 0.15) is 25.0 Å². The lowest BCUT2D eigenvalue weighted by atomic mass is 9.95.